The number of carbonyl (C=O) groups is 1. The third-order valence-electron chi connectivity index (χ3n) is 5.32. The van der Waals surface area contributed by atoms with Gasteiger partial charge in [-0.2, -0.15) is 0 Å². The summed E-state index contributed by atoms with van der Waals surface area (Å²) in [5, 5.41) is 16.5. The quantitative estimate of drug-likeness (QED) is 0.294. The Bertz CT molecular complexity index is 1060. The summed E-state index contributed by atoms with van der Waals surface area (Å²) >= 11 is 0. The molecule has 0 spiro atoms. The number of aliphatic carboxylic acids is 1. The zero-order chi connectivity index (χ0) is 22.9. The van der Waals surface area contributed by atoms with Crippen LogP contribution in [-0.2, 0) is 22.6 Å². The van der Waals surface area contributed by atoms with E-state index in [9.17, 15) is 4.79 Å². The van der Waals surface area contributed by atoms with E-state index in [1.165, 1.54) is 0 Å². The first kappa shape index (κ1) is 22.4. The summed E-state index contributed by atoms with van der Waals surface area (Å²) in [4.78, 5) is 16.2. The van der Waals surface area contributed by atoms with Gasteiger partial charge in [0.2, 0.25) is 0 Å². The predicted octanol–water partition coefficient (Wildman–Crippen LogP) is 5.28. The van der Waals surface area contributed by atoms with Gasteiger partial charge in [0, 0.05) is 24.2 Å². The molecule has 6 nitrogen and oxygen atoms in total. The molecule has 170 valence electrons. The van der Waals surface area contributed by atoms with E-state index in [-0.39, 0.29) is 12.5 Å². The van der Waals surface area contributed by atoms with Crippen molar-refractivity contribution in [3.8, 4) is 5.75 Å². The van der Waals surface area contributed by atoms with Crippen LogP contribution >= 0.6 is 0 Å². The van der Waals surface area contributed by atoms with Crippen LogP contribution in [0.3, 0.4) is 0 Å². The van der Waals surface area contributed by atoms with Crippen molar-refractivity contribution in [2.24, 2.45) is 5.16 Å². The Hall–Kier alpha value is -3.80. The van der Waals surface area contributed by atoms with E-state index in [1.54, 1.807) is 0 Å². The second-order valence-corrected chi connectivity index (χ2v) is 8.09. The first-order valence-electron chi connectivity index (χ1n) is 11.2. The van der Waals surface area contributed by atoms with Crippen molar-refractivity contribution in [3.05, 3.63) is 95.6 Å². The van der Waals surface area contributed by atoms with Crippen LogP contribution in [0.4, 0.5) is 5.69 Å². The molecule has 0 amide bonds. The van der Waals surface area contributed by atoms with Crippen molar-refractivity contribution < 1.29 is 19.5 Å². The van der Waals surface area contributed by atoms with Crippen molar-refractivity contribution in [2.45, 2.75) is 38.3 Å². The second kappa shape index (κ2) is 11.2. The topological polar surface area (TPSA) is 80.2 Å². The van der Waals surface area contributed by atoms with Gasteiger partial charge < -0.3 is 20.0 Å². The maximum atomic E-state index is 10.7. The molecule has 2 N–H and O–H groups in total. The highest BCUT2D eigenvalue weighted by atomic mass is 16.6. The molecule has 3 aromatic carbocycles. The molecule has 33 heavy (non-hydrogen) atoms. The number of rotatable bonds is 12. The third-order valence-corrected chi connectivity index (χ3v) is 5.32. The first-order valence-corrected chi connectivity index (χ1v) is 11.2. The van der Waals surface area contributed by atoms with E-state index in [2.05, 4.69) is 10.5 Å². The van der Waals surface area contributed by atoms with Gasteiger partial charge in [0.05, 0.1) is 0 Å². The zero-order valence-corrected chi connectivity index (χ0v) is 18.4. The molecule has 1 saturated carbocycles. The molecule has 0 saturated heterocycles. The summed E-state index contributed by atoms with van der Waals surface area (Å²) in [6.07, 6.45) is 3.07. The Balaban J connectivity index is 1.28. The molecule has 0 bridgehead atoms. The number of carboxylic acid groups (broad SMARTS) is 1. The molecule has 0 unspecified atom stereocenters. The van der Waals surface area contributed by atoms with E-state index >= 15 is 0 Å². The maximum absolute atomic E-state index is 10.7. The SMILES string of the molecule is O=C(O)CCc1ccc(NCc2ccc(OC/C(=N\OC3CC3)c3ccccc3)cc2)cc1. The summed E-state index contributed by atoms with van der Waals surface area (Å²) < 4.78 is 5.97. The van der Waals surface area contributed by atoms with Gasteiger partial charge in [0.25, 0.3) is 0 Å². The number of carboxylic acids is 1. The van der Waals surface area contributed by atoms with Crippen molar-refractivity contribution in [3.63, 3.8) is 0 Å². The standard InChI is InChI=1S/C27H28N2O4/c30-27(31)17-10-20-6-11-23(12-7-20)28-18-21-8-13-24(14-9-21)32-19-26(29-33-25-15-16-25)22-4-2-1-3-5-22/h1-9,11-14,25,28H,10,15-19H2,(H,30,31)/b29-26+. The van der Waals surface area contributed by atoms with Crippen molar-refractivity contribution in [1.29, 1.82) is 0 Å². The van der Waals surface area contributed by atoms with Crippen LogP contribution in [0, 0.1) is 0 Å². The second-order valence-electron chi connectivity index (χ2n) is 8.09. The molecular formula is C27H28N2O4. The first-order chi connectivity index (χ1) is 16.2. The van der Waals surface area contributed by atoms with E-state index in [0.717, 1.165) is 46.7 Å². The van der Waals surface area contributed by atoms with Crippen molar-refractivity contribution >= 4 is 17.4 Å². The van der Waals surface area contributed by atoms with Crippen LogP contribution in [0.15, 0.2) is 84.0 Å². The minimum atomic E-state index is -0.778. The highest BCUT2D eigenvalue weighted by Crippen LogP contribution is 2.24. The van der Waals surface area contributed by atoms with Crippen LogP contribution in [0.2, 0.25) is 0 Å². The fraction of sp³-hybridized carbons (Fsp3) is 0.259. The van der Waals surface area contributed by atoms with Gasteiger partial charge in [0.1, 0.15) is 24.2 Å². The summed E-state index contributed by atoms with van der Waals surface area (Å²) in [5.74, 6) is -0.00335. The van der Waals surface area contributed by atoms with Crippen LogP contribution in [0.5, 0.6) is 5.75 Å². The lowest BCUT2D eigenvalue weighted by atomic mass is 10.1. The molecule has 0 aliphatic heterocycles. The molecule has 0 radical (unpaired) electrons. The molecule has 0 heterocycles. The average molecular weight is 445 g/mol. The number of aryl methyl sites for hydroxylation is 1. The monoisotopic (exact) mass is 444 g/mol. The van der Waals surface area contributed by atoms with Crippen LogP contribution in [-0.4, -0.2) is 29.5 Å². The highest BCUT2D eigenvalue weighted by molar-refractivity contribution is 6.01. The fourth-order valence-corrected chi connectivity index (χ4v) is 3.20. The highest BCUT2D eigenvalue weighted by Gasteiger charge is 2.24. The molecule has 0 atom stereocenters. The molecule has 3 aromatic rings. The Morgan fingerprint density at radius 1 is 0.939 bits per heavy atom. The Morgan fingerprint density at radius 2 is 1.64 bits per heavy atom. The van der Waals surface area contributed by atoms with Crippen LogP contribution < -0.4 is 10.1 Å². The third kappa shape index (κ3) is 7.38. The molecule has 1 aliphatic rings. The van der Waals surface area contributed by atoms with Gasteiger partial charge in [-0.3, -0.25) is 4.79 Å². The molecule has 0 aromatic heterocycles. The predicted molar refractivity (Wildman–Crippen MR) is 129 cm³/mol. The lowest BCUT2D eigenvalue weighted by Gasteiger charge is -2.11. The normalized spacial score (nSPS) is 13.4. The number of oxime groups is 1. The van der Waals surface area contributed by atoms with E-state index in [1.807, 2.05) is 78.9 Å². The van der Waals surface area contributed by atoms with Gasteiger partial charge in [-0.1, -0.05) is 59.8 Å². The molecule has 6 heteroatoms. The Labute approximate surface area is 193 Å². The molecule has 1 aliphatic carbocycles. The summed E-state index contributed by atoms with van der Waals surface area (Å²) in [6.45, 7) is 1.02. The minimum absolute atomic E-state index is 0.146. The number of ether oxygens (including phenoxy) is 1. The van der Waals surface area contributed by atoms with Gasteiger partial charge in [-0.15, -0.1) is 0 Å². The molecule has 4 rings (SSSR count). The zero-order valence-electron chi connectivity index (χ0n) is 18.4. The average Bonchev–Trinajstić information content (AvgIpc) is 3.68. The Kier molecular flexibility index (Phi) is 7.59. The van der Waals surface area contributed by atoms with E-state index in [0.29, 0.717) is 19.6 Å². The van der Waals surface area contributed by atoms with Gasteiger partial charge >= 0.3 is 5.97 Å². The lowest BCUT2D eigenvalue weighted by molar-refractivity contribution is -0.136. The van der Waals surface area contributed by atoms with Gasteiger partial charge in [0.15, 0.2) is 0 Å². The number of hydrogen-bond donors (Lipinski definition) is 2. The summed E-state index contributed by atoms with van der Waals surface area (Å²) in [7, 11) is 0. The largest absolute Gasteiger partial charge is 0.487 e. The number of nitrogens with one attached hydrogen (secondary N) is 1. The van der Waals surface area contributed by atoms with Crippen LogP contribution in [0.25, 0.3) is 0 Å². The van der Waals surface area contributed by atoms with Gasteiger partial charge in [-0.25, -0.2) is 0 Å². The minimum Gasteiger partial charge on any atom is -0.487 e. The van der Waals surface area contributed by atoms with Crippen LogP contribution in [0.1, 0.15) is 36.0 Å². The fourth-order valence-electron chi connectivity index (χ4n) is 3.20. The number of nitrogens with zero attached hydrogens (tertiary/aromatic N) is 1. The Morgan fingerprint density at radius 3 is 2.30 bits per heavy atom. The van der Waals surface area contributed by atoms with Gasteiger partial charge in [-0.05, 0) is 54.7 Å². The number of benzene rings is 3. The van der Waals surface area contributed by atoms with Crippen molar-refractivity contribution in [1.82, 2.24) is 0 Å². The summed E-state index contributed by atoms with van der Waals surface area (Å²) in [6, 6.07) is 25.8. The molecular weight excluding hydrogens is 416 g/mol. The van der Waals surface area contributed by atoms with E-state index < -0.39 is 5.97 Å². The number of anilines is 1. The maximum Gasteiger partial charge on any atom is 0.303 e. The molecule has 1 fully saturated rings. The summed E-state index contributed by atoms with van der Waals surface area (Å²) in [5.41, 5.74) is 4.92. The lowest BCUT2D eigenvalue weighted by Crippen LogP contribution is -2.14. The number of hydrogen-bond acceptors (Lipinski definition) is 5. The van der Waals surface area contributed by atoms with E-state index in [4.69, 9.17) is 14.7 Å². The van der Waals surface area contributed by atoms with Crippen molar-refractivity contribution in [2.75, 3.05) is 11.9 Å². The smallest absolute Gasteiger partial charge is 0.303 e.